The van der Waals surface area contributed by atoms with E-state index < -0.39 is 16.8 Å². The molecule has 1 aliphatic rings. The van der Waals surface area contributed by atoms with Gasteiger partial charge in [-0.15, -0.1) is 0 Å². The van der Waals surface area contributed by atoms with Gasteiger partial charge in [0.1, 0.15) is 5.75 Å². The Balaban J connectivity index is 1.83. The van der Waals surface area contributed by atoms with Gasteiger partial charge in [0.25, 0.3) is 11.6 Å². The summed E-state index contributed by atoms with van der Waals surface area (Å²) in [6.07, 6.45) is 1.94. The van der Waals surface area contributed by atoms with Crippen LogP contribution in [0.15, 0.2) is 36.4 Å². The van der Waals surface area contributed by atoms with Gasteiger partial charge in [-0.3, -0.25) is 20.2 Å². The van der Waals surface area contributed by atoms with Crippen LogP contribution >= 0.6 is 12.2 Å². The minimum Gasteiger partial charge on any atom is -0.495 e. The number of hydrogen-bond donors (Lipinski definition) is 3. The first-order valence-corrected chi connectivity index (χ1v) is 9.78. The van der Waals surface area contributed by atoms with Gasteiger partial charge in [-0.05, 0) is 49.3 Å². The van der Waals surface area contributed by atoms with Crippen LogP contribution in [0, 0.1) is 10.1 Å². The molecule has 1 fully saturated rings. The first kappa shape index (κ1) is 22.0. The van der Waals surface area contributed by atoms with E-state index in [1.807, 2.05) is 4.90 Å². The van der Waals surface area contributed by atoms with Crippen molar-refractivity contribution in [2.75, 3.05) is 30.4 Å². The van der Waals surface area contributed by atoms with Crippen LogP contribution in [-0.2, 0) is 0 Å². The first-order valence-electron chi connectivity index (χ1n) is 9.37. The molecule has 31 heavy (non-hydrogen) atoms. The number of aromatic carboxylic acids is 1. The lowest BCUT2D eigenvalue weighted by Crippen LogP contribution is -2.35. The highest BCUT2D eigenvalue weighted by Gasteiger charge is 2.23. The Morgan fingerprint density at radius 3 is 2.52 bits per heavy atom. The zero-order chi connectivity index (χ0) is 22.5. The van der Waals surface area contributed by atoms with E-state index in [4.69, 9.17) is 17.0 Å². The van der Waals surface area contributed by atoms with Crippen molar-refractivity contribution in [3.05, 3.63) is 57.6 Å². The van der Waals surface area contributed by atoms with Crippen molar-refractivity contribution in [2.45, 2.75) is 12.8 Å². The second-order valence-corrected chi connectivity index (χ2v) is 7.19. The standard InChI is InChI=1S/C20H20N4O6S/c1-30-17-7-4-12(19(26)27)10-15(17)21-20(31)22-18(25)14-11-13(24(28)29)5-6-16(14)23-8-2-3-9-23/h4-7,10-11H,2-3,8-9H2,1H3,(H,26,27)(H2,21,22,25,31). The van der Waals surface area contributed by atoms with Crippen molar-refractivity contribution >= 4 is 46.3 Å². The van der Waals surface area contributed by atoms with E-state index in [0.717, 1.165) is 25.9 Å². The number of carbonyl (C=O) groups is 2. The third-order valence-corrected chi connectivity index (χ3v) is 5.01. The lowest BCUT2D eigenvalue weighted by molar-refractivity contribution is -0.384. The van der Waals surface area contributed by atoms with E-state index in [1.54, 1.807) is 6.07 Å². The summed E-state index contributed by atoms with van der Waals surface area (Å²) in [5.41, 5.74) is 0.780. The summed E-state index contributed by atoms with van der Waals surface area (Å²) < 4.78 is 5.19. The largest absolute Gasteiger partial charge is 0.495 e. The lowest BCUT2D eigenvalue weighted by Gasteiger charge is -2.21. The number of carbonyl (C=O) groups excluding carboxylic acids is 1. The maximum Gasteiger partial charge on any atom is 0.335 e. The van der Waals surface area contributed by atoms with Gasteiger partial charge in [0.05, 0.1) is 34.5 Å². The zero-order valence-electron chi connectivity index (χ0n) is 16.6. The number of nitro groups is 1. The van der Waals surface area contributed by atoms with Crippen molar-refractivity contribution in [3.63, 3.8) is 0 Å². The van der Waals surface area contributed by atoms with Gasteiger partial charge in [0.2, 0.25) is 0 Å². The van der Waals surface area contributed by atoms with Crippen LogP contribution in [0.4, 0.5) is 17.1 Å². The highest BCUT2D eigenvalue weighted by atomic mass is 32.1. The predicted molar refractivity (Wildman–Crippen MR) is 118 cm³/mol. The predicted octanol–water partition coefficient (Wildman–Crippen LogP) is 3.03. The summed E-state index contributed by atoms with van der Waals surface area (Å²) in [6, 6.07) is 8.30. The molecule has 0 aromatic heterocycles. The molecule has 2 aromatic rings. The highest BCUT2D eigenvalue weighted by Crippen LogP contribution is 2.29. The fourth-order valence-corrected chi connectivity index (χ4v) is 3.52. The minimum atomic E-state index is -1.13. The average Bonchev–Trinajstić information content (AvgIpc) is 3.27. The summed E-state index contributed by atoms with van der Waals surface area (Å²) in [6.45, 7) is 1.50. The number of nitro benzene ring substituents is 1. The molecular weight excluding hydrogens is 424 g/mol. The van der Waals surface area contributed by atoms with Crippen molar-refractivity contribution in [1.82, 2.24) is 5.32 Å². The number of non-ortho nitro benzene ring substituents is 1. The summed E-state index contributed by atoms with van der Waals surface area (Å²) >= 11 is 5.20. The smallest absolute Gasteiger partial charge is 0.335 e. The van der Waals surface area contributed by atoms with Crippen molar-refractivity contribution in [3.8, 4) is 5.75 Å². The molecule has 11 heteroatoms. The van der Waals surface area contributed by atoms with Gasteiger partial charge in [0.15, 0.2) is 5.11 Å². The number of nitrogens with one attached hydrogen (secondary N) is 2. The monoisotopic (exact) mass is 444 g/mol. The normalized spacial score (nSPS) is 12.9. The van der Waals surface area contributed by atoms with E-state index in [0.29, 0.717) is 11.4 Å². The van der Waals surface area contributed by atoms with Crippen LogP contribution in [0.3, 0.4) is 0 Å². The molecule has 1 amide bonds. The maximum atomic E-state index is 12.9. The number of benzene rings is 2. The molecule has 0 radical (unpaired) electrons. The second kappa shape index (κ2) is 9.39. The number of rotatable bonds is 6. The molecule has 0 bridgehead atoms. The van der Waals surface area contributed by atoms with E-state index in [2.05, 4.69) is 10.6 Å². The fourth-order valence-electron chi connectivity index (χ4n) is 3.32. The Bertz CT molecular complexity index is 1050. The highest BCUT2D eigenvalue weighted by molar-refractivity contribution is 7.80. The van der Waals surface area contributed by atoms with E-state index in [-0.39, 0.29) is 27.6 Å². The van der Waals surface area contributed by atoms with Crippen molar-refractivity contribution in [1.29, 1.82) is 0 Å². The Hall–Kier alpha value is -3.73. The molecule has 162 valence electrons. The lowest BCUT2D eigenvalue weighted by atomic mass is 10.1. The van der Waals surface area contributed by atoms with Gasteiger partial charge < -0.3 is 20.1 Å². The quantitative estimate of drug-likeness (QED) is 0.349. The van der Waals surface area contributed by atoms with E-state index in [1.165, 1.54) is 37.4 Å². The van der Waals surface area contributed by atoms with Crippen LogP contribution in [0.2, 0.25) is 0 Å². The summed E-state index contributed by atoms with van der Waals surface area (Å²) in [4.78, 5) is 36.8. The molecule has 1 saturated heterocycles. The van der Waals surface area contributed by atoms with Gasteiger partial charge in [-0.25, -0.2) is 4.79 Å². The second-order valence-electron chi connectivity index (χ2n) is 6.78. The molecule has 2 aromatic carbocycles. The number of hydrogen-bond acceptors (Lipinski definition) is 7. The molecule has 1 heterocycles. The van der Waals surface area contributed by atoms with Crippen LogP contribution in [0.5, 0.6) is 5.75 Å². The van der Waals surface area contributed by atoms with Crippen LogP contribution in [0.25, 0.3) is 0 Å². The van der Waals surface area contributed by atoms with Gasteiger partial charge in [0, 0.05) is 25.2 Å². The SMILES string of the molecule is COc1ccc(C(=O)O)cc1NC(=S)NC(=O)c1cc([N+](=O)[O-])ccc1N1CCCC1. The number of thiocarbonyl (C=S) groups is 1. The van der Waals surface area contributed by atoms with E-state index in [9.17, 15) is 24.8 Å². The van der Waals surface area contributed by atoms with E-state index >= 15 is 0 Å². The molecule has 3 N–H and O–H groups in total. The summed E-state index contributed by atoms with van der Waals surface area (Å²) in [5, 5.41) is 25.5. The Kier molecular flexibility index (Phi) is 6.65. The molecule has 0 saturated carbocycles. The Labute approximate surface area is 183 Å². The van der Waals surface area contributed by atoms with Gasteiger partial charge in [-0.1, -0.05) is 0 Å². The van der Waals surface area contributed by atoms with Gasteiger partial charge in [-0.2, -0.15) is 0 Å². The fraction of sp³-hybridized carbons (Fsp3) is 0.250. The molecule has 3 rings (SSSR count). The number of nitrogens with zero attached hydrogens (tertiary/aromatic N) is 2. The number of amides is 1. The van der Waals surface area contributed by atoms with Crippen molar-refractivity contribution in [2.24, 2.45) is 0 Å². The Morgan fingerprint density at radius 1 is 1.19 bits per heavy atom. The zero-order valence-corrected chi connectivity index (χ0v) is 17.4. The Morgan fingerprint density at radius 2 is 1.90 bits per heavy atom. The molecule has 10 nitrogen and oxygen atoms in total. The van der Waals surface area contributed by atoms with Crippen LogP contribution in [-0.4, -0.2) is 47.2 Å². The van der Waals surface area contributed by atoms with Crippen LogP contribution < -0.4 is 20.3 Å². The topological polar surface area (TPSA) is 134 Å². The molecular formula is C20H20N4O6S. The van der Waals surface area contributed by atoms with Gasteiger partial charge >= 0.3 is 5.97 Å². The van der Waals surface area contributed by atoms with Crippen LogP contribution in [0.1, 0.15) is 33.6 Å². The summed E-state index contributed by atoms with van der Waals surface area (Å²) in [7, 11) is 1.41. The number of anilines is 2. The molecule has 0 aliphatic carbocycles. The molecule has 1 aliphatic heterocycles. The first-order chi connectivity index (χ1) is 14.8. The third-order valence-electron chi connectivity index (χ3n) is 4.80. The average molecular weight is 444 g/mol. The number of carboxylic acid groups (broad SMARTS) is 1. The maximum absolute atomic E-state index is 12.9. The molecule has 0 atom stereocenters. The minimum absolute atomic E-state index is 0.00688. The van der Waals surface area contributed by atoms with Crippen molar-refractivity contribution < 1.29 is 24.4 Å². The molecule has 0 unspecified atom stereocenters. The molecule has 0 spiro atoms. The summed E-state index contributed by atoms with van der Waals surface area (Å²) in [5.74, 6) is -1.42. The third kappa shape index (κ3) is 5.07. The number of methoxy groups -OCH3 is 1. The number of ether oxygens (including phenoxy) is 1. The number of carboxylic acids is 1.